The highest BCUT2D eigenvalue weighted by Crippen LogP contribution is 2.27. The fraction of sp³-hybridized carbons (Fsp3) is 0.214. The molecule has 0 saturated carbocycles. The molecule has 0 fully saturated rings. The van der Waals surface area contributed by atoms with Gasteiger partial charge in [-0.25, -0.2) is 9.97 Å². The molecule has 0 aliphatic carbocycles. The Bertz CT molecular complexity index is 580. The number of aromatic nitrogens is 2. The van der Waals surface area contributed by atoms with Crippen LogP contribution in [0.5, 0.6) is 5.75 Å². The van der Waals surface area contributed by atoms with Gasteiger partial charge in [0, 0.05) is 12.4 Å². The lowest BCUT2D eigenvalue weighted by Crippen LogP contribution is -2.09. The van der Waals surface area contributed by atoms with E-state index in [1.54, 1.807) is 31.6 Å². The highest BCUT2D eigenvalue weighted by molar-refractivity contribution is 6.08. The van der Waals surface area contributed by atoms with Gasteiger partial charge in [-0.1, -0.05) is 6.07 Å². The van der Waals surface area contributed by atoms with Crippen molar-refractivity contribution < 1.29 is 9.53 Å². The molecule has 4 heteroatoms. The van der Waals surface area contributed by atoms with Gasteiger partial charge in [-0.2, -0.15) is 0 Å². The molecule has 0 N–H and O–H groups in total. The Morgan fingerprint density at radius 1 is 1.17 bits per heavy atom. The summed E-state index contributed by atoms with van der Waals surface area (Å²) in [5.74, 6) is 0.544. The van der Waals surface area contributed by atoms with Crippen LogP contribution in [0.3, 0.4) is 0 Å². The lowest BCUT2D eigenvalue weighted by Gasteiger charge is -2.11. The molecule has 0 radical (unpaired) electrons. The smallest absolute Gasteiger partial charge is 0.233 e. The molecule has 0 bridgehead atoms. The van der Waals surface area contributed by atoms with Crippen molar-refractivity contribution >= 4 is 5.78 Å². The normalized spacial score (nSPS) is 10.2. The van der Waals surface area contributed by atoms with Crippen LogP contribution in [-0.4, -0.2) is 22.9 Å². The van der Waals surface area contributed by atoms with Crippen molar-refractivity contribution in [3.05, 3.63) is 53.1 Å². The van der Waals surface area contributed by atoms with Gasteiger partial charge in [0.2, 0.25) is 11.6 Å². The van der Waals surface area contributed by atoms with Gasteiger partial charge in [-0.3, -0.25) is 4.79 Å². The summed E-state index contributed by atoms with van der Waals surface area (Å²) in [6.45, 7) is 3.90. The number of nitrogens with zero attached hydrogens (tertiary/aromatic N) is 2. The van der Waals surface area contributed by atoms with Crippen LogP contribution < -0.4 is 4.74 Å². The van der Waals surface area contributed by atoms with Gasteiger partial charge in [0.05, 0.1) is 12.7 Å². The first-order valence-corrected chi connectivity index (χ1v) is 5.61. The van der Waals surface area contributed by atoms with Crippen molar-refractivity contribution in [1.82, 2.24) is 9.97 Å². The molecular formula is C14H14N2O2. The van der Waals surface area contributed by atoms with E-state index >= 15 is 0 Å². The number of rotatable bonds is 3. The molecule has 1 heterocycles. The molecule has 92 valence electrons. The number of benzene rings is 1. The zero-order valence-electron chi connectivity index (χ0n) is 10.6. The maximum absolute atomic E-state index is 12.3. The maximum atomic E-state index is 12.3. The third-order valence-corrected chi connectivity index (χ3v) is 2.89. The van der Waals surface area contributed by atoms with E-state index in [4.69, 9.17) is 4.74 Å². The van der Waals surface area contributed by atoms with Crippen molar-refractivity contribution in [3.8, 4) is 5.75 Å². The number of aryl methyl sites for hydroxylation is 1. The first kappa shape index (κ1) is 12.2. The second kappa shape index (κ2) is 4.96. The Labute approximate surface area is 106 Å². The first-order chi connectivity index (χ1) is 8.65. The molecule has 0 amide bonds. The van der Waals surface area contributed by atoms with E-state index in [1.165, 1.54) is 0 Å². The molecular weight excluding hydrogens is 228 g/mol. The van der Waals surface area contributed by atoms with E-state index in [0.29, 0.717) is 11.3 Å². The standard InChI is InChI=1S/C14H14N2O2/c1-9-5-6-11(13(18-3)10(9)2)12(17)14-15-7-4-8-16-14/h4-8H,1-3H3. The van der Waals surface area contributed by atoms with Crippen LogP contribution in [0, 0.1) is 13.8 Å². The Kier molecular flexibility index (Phi) is 3.37. The van der Waals surface area contributed by atoms with Gasteiger partial charge in [0.25, 0.3) is 0 Å². The Balaban J connectivity index is 2.52. The van der Waals surface area contributed by atoms with Crippen LogP contribution >= 0.6 is 0 Å². The summed E-state index contributed by atoms with van der Waals surface area (Å²) in [5, 5.41) is 0. The molecule has 1 aromatic heterocycles. The summed E-state index contributed by atoms with van der Waals surface area (Å²) < 4.78 is 5.32. The Hall–Kier alpha value is -2.23. The van der Waals surface area contributed by atoms with Crippen molar-refractivity contribution in [2.75, 3.05) is 7.11 Å². The van der Waals surface area contributed by atoms with Gasteiger partial charge >= 0.3 is 0 Å². The van der Waals surface area contributed by atoms with E-state index < -0.39 is 0 Å². The van der Waals surface area contributed by atoms with Gasteiger partial charge in [0.1, 0.15) is 5.75 Å². The summed E-state index contributed by atoms with van der Waals surface area (Å²) in [7, 11) is 1.56. The zero-order chi connectivity index (χ0) is 13.1. The number of carbonyl (C=O) groups is 1. The largest absolute Gasteiger partial charge is 0.496 e. The topological polar surface area (TPSA) is 52.1 Å². The van der Waals surface area contributed by atoms with E-state index in [9.17, 15) is 4.79 Å². The summed E-state index contributed by atoms with van der Waals surface area (Å²) in [4.78, 5) is 20.2. The van der Waals surface area contributed by atoms with Crippen LogP contribution in [0.2, 0.25) is 0 Å². The van der Waals surface area contributed by atoms with E-state index in [-0.39, 0.29) is 11.6 Å². The molecule has 2 aromatic rings. The minimum atomic E-state index is -0.226. The van der Waals surface area contributed by atoms with Crippen molar-refractivity contribution in [2.24, 2.45) is 0 Å². The molecule has 4 nitrogen and oxygen atoms in total. The zero-order valence-corrected chi connectivity index (χ0v) is 10.6. The summed E-state index contributed by atoms with van der Waals surface area (Å²) in [5.41, 5.74) is 2.53. The first-order valence-electron chi connectivity index (χ1n) is 5.61. The number of methoxy groups -OCH3 is 1. The monoisotopic (exact) mass is 242 g/mol. The van der Waals surface area contributed by atoms with Crippen molar-refractivity contribution in [3.63, 3.8) is 0 Å². The second-order valence-corrected chi connectivity index (χ2v) is 3.99. The van der Waals surface area contributed by atoms with Crippen LogP contribution in [0.25, 0.3) is 0 Å². The number of hydrogen-bond donors (Lipinski definition) is 0. The van der Waals surface area contributed by atoms with Gasteiger partial charge in [-0.15, -0.1) is 0 Å². The number of ether oxygens (including phenoxy) is 1. The molecule has 1 aromatic carbocycles. The fourth-order valence-electron chi connectivity index (χ4n) is 1.77. The van der Waals surface area contributed by atoms with E-state index in [2.05, 4.69) is 9.97 Å². The number of hydrogen-bond acceptors (Lipinski definition) is 4. The lowest BCUT2D eigenvalue weighted by atomic mass is 10.0. The second-order valence-electron chi connectivity index (χ2n) is 3.99. The van der Waals surface area contributed by atoms with Gasteiger partial charge in [-0.05, 0) is 37.1 Å². The molecule has 0 spiro atoms. The predicted molar refractivity (Wildman–Crippen MR) is 67.9 cm³/mol. The van der Waals surface area contributed by atoms with E-state index in [1.807, 2.05) is 19.9 Å². The average Bonchev–Trinajstić information content (AvgIpc) is 2.42. The van der Waals surface area contributed by atoms with Crippen LogP contribution in [0.1, 0.15) is 27.3 Å². The SMILES string of the molecule is COc1c(C(=O)c2ncccn2)ccc(C)c1C. The van der Waals surface area contributed by atoms with Gasteiger partial charge < -0.3 is 4.74 Å². The van der Waals surface area contributed by atoms with Crippen molar-refractivity contribution in [2.45, 2.75) is 13.8 Å². The van der Waals surface area contributed by atoms with Crippen molar-refractivity contribution in [1.29, 1.82) is 0 Å². The highest BCUT2D eigenvalue weighted by atomic mass is 16.5. The lowest BCUT2D eigenvalue weighted by molar-refractivity contribution is 0.102. The Morgan fingerprint density at radius 2 is 1.83 bits per heavy atom. The number of carbonyl (C=O) groups excluding carboxylic acids is 1. The molecule has 0 aliphatic heterocycles. The van der Waals surface area contributed by atoms with Crippen LogP contribution in [-0.2, 0) is 0 Å². The van der Waals surface area contributed by atoms with Gasteiger partial charge in [0.15, 0.2) is 0 Å². The molecule has 0 atom stereocenters. The third kappa shape index (κ3) is 2.09. The summed E-state index contributed by atoms with van der Waals surface area (Å²) in [6.07, 6.45) is 3.10. The van der Waals surface area contributed by atoms with Crippen LogP contribution in [0.4, 0.5) is 0 Å². The highest BCUT2D eigenvalue weighted by Gasteiger charge is 2.18. The molecule has 0 saturated heterocycles. The molecule has 18 heavy (non-hydrogen) atoms. The fourth-order valence-corrected chi connectivity index (χ4v) is 1.77. The summed E-state index contributed by atoms with van der Waals surface area (Å²) >= 11 is 0. The quantitative estimate of drug-likeness (QED) is 0.775. The Morgan fingerprint density at radius 3 is 2.44 bits per heavy atom. The molecule has 0 unspecified atom stereocenters. The molecule has 2 rings (SSSR count). The van der Waals surface area contributed by atoms with E-state index in [0.717, 1.165) is 11.1 Å². The number of ketones is 1. The molecule has 0 aliphatic rings. The van der Waals surface area contributed by atoms with Crippen LogP contribution in [0.15, 0.2) is 30.6 Å². The summed E-state index contributed by atoms with van der Waals surface area (Å²) in [6, 6.07) is 5.32. The maximum Gasteiger partial charge on any atom is 0.233 e. The minimum absolute atomic E-state index is 0.180. The average molecular weight is 242 g/mol. The minimum Gasteiger partial charge on any atom is -0.496 e. The predicted octanol–water partition coefficient (Wildman–Crippen LogP) is 2.33. The third-order valence-electron chi connectivity index (χ3n) is 2.89.